The SMILES string of the molecule is O=C(Cc1cc2cnn(C3CCNCC3)c2cc1C1CC1)c1cccc(N2CCC(O)C2)n1. The average Bonchev–Trinajstić information content (AvgIpc) is 3.47. The Hall–Kier alpha value is -2.77. The van der Waals surface area contributed by atoms with E-state index in [2.05, 4.69) is 32.0 Å². The zero-order valence-electron chi connectivity index (χ0n) is 18.9. The van der Waals surface area contributed by atoms with Crippen LogP contribution in [0.1, 0.15) is 65.7 Å². The van der Waals surface area contributed by atoms with Crippen LogP contribution in [0.2, 0.25) is 0 Å². The lowest BCUT2D eigenvalue weighted by molar-refractivity contribution is 0.0988. The molecule has 2 saturated heterocycles. The zero-order valence-corrected chi connectivity index (χ0v) is 18.9. The van der Waals surface area contributed by atoms with Crippen molar-refractivity contribution in [2.24, 2.45) is 0 Å². The number of nitrogens with zero attached hydrogens (tertiary/aromatic N) is 4. The summed E-state index contributed by atoms with van der Waals surface area (Å²) in [7, 11) is 0. The molecule has 0 bridgehead atoms. The quantitative estimate of drug-likeness (QED) is 0.567. The van der Waals surface area contributed by atoms with E-state index < -0.39 is 0 Å². The summed E-state index contributed by atoms with van der Waals surface area (Å²) in [5, 5.41) is 19.1. The number of benzene rings is 1. The number of nitrogens with one attached hydrogen (secondary N) is 1. The monoisotopic (exact) mass is 445 g/mol. The van der Waals surface area contributed by atoms with Gasteiger partial charge >= 0.3 is 0 Å². The summed E-state index contributed by atoms with van der Waals surface area (Å²) in [5.74, 6) is 1.38. The van der Waals surface area contributed by atoms with E-state index in [0.717, 1.165) is 55.7 Å². The summed E-state index contributed by atoms with van der Waals surface area (Å²) in [4.78, 5) is 20.0. The standard InChI is InChI=1S/C26H31N5O2/c32-21-8-11-30(16-21)26-3-1-2-23(29-26)25(33)13-18-12-19-15-28-31(20-6-9-27-10-7-20)24(19)14-22(18)17-4-5-17/h1-3,12,14-15,17,20-21,27,32H,4-11,13,16H2. The number of aliphatic hydroxyl groups is 1. The van der Waals surface area contributed by atoms with Crippen molar-refractivity contribution in [2.45, 2.75) is 56.6 Å². The van der Waals surface area contributed by atoms with Crippen LogP contribution in [-0.4, -0.2) is 57.9 Å². The van der Waals surface area contributed by atoms with Crippen LogP contribution in [0.25, 0.3) is 10.9 Å². The Morgan fingerprint density at radius 1 is 1.12 bits per heavy atom. The Labute approximate surface area is 193 Å². The molecule has 1 atom stereocenters. The van der Waals surface area contributed by atoms with Gasteiger partial charge < -0.3 is 15.3 Å². The molecule has 0 radical (unpaired) electrons. The molecule has 2 aliphatic heterocycles. The number of hydrogen-bond donors (Lipinski definition) is 2. The second kappa shape index (κ2) is 8.54. The fourth-order valence-electron chi connectivity index (χ4n) is 5.39. The van der Waals surface area contributed by atoms with Crippen LogP contribution in [0.4, 0.5) is 5.82 Å². The topological polar surface area (TPSA) is 83.3 Å². The van der Waals surface area contributed by atoms with Crippen molar-refractivity contribution in [3.63, 3.8) is 0 Å². The molecule has 3 fully saturated rings. The van der Waals surface area contributed by atoms with Crippen molar-refractivity contribution < 1.29 is 9.90 Å². The number of β-amino-alcohol motifs (C(OH)–C–C–N with tert-alkyl or cyclic N) is 1. The minimum atomic E-state index is -0.315. The van der Waals surface area contributed by atoms with E-state index in [4.69, 9.17) is 5.10 Å². The van der Waals surface area contributed by atoms with E-state index in [-0.39, 0.29) is 11.9 Å². The van der Waals surface area contributed by atoms with Gasteiger partial charge in [0, 0.05) is 24.9 Å². The van der Waals surface area contributed by atoms with Gasteiger partial charge in [0.05, 0.1) is 23.9 Å². The van der Waals surface area contributed by atoms with E-state index in [1.54, 1.807) is 0 Å². The number of aliphatic hydroxyl groups excluding tert-OH is 1. The first-order chi connectivity index (χ1) is 16.2. The van der Waals surface area contributed by atoms with Crippen molar-refractivity contribution in [1.82, 2.24) is 20.1 Å². The highest BCUT2D eigenvalue weighted by molar-refractivity contribution is 5.97. The maximum absolute atomic E-state index is 13.3. The van der Waals surface area contributed by atoms with Gasteiger partial charge in [0.2, 0.25) is 0 Å². The number of carbonyl (C=O) groups excluding carboxylic acids is 1. The average molecular weight is 446 g/mol. The smallest absolute Gasteiger partial charge is 0.185 e. The van der Waals surface area contributed by atoms with E-state index >= 15 is 0 Å². The number of fused-ring (bicyclic) bond motifs is 1. The molecular weight excluding hydrogens is 414 g/mol. The summed E-state index contributed by atoms with van der Waals surface area (Å²) in [6, 6.07) is 10.6. The van der Waals surface area contributed by atoms with Crippen LogP contribution < -0.4 is 10.2 Å². The molecule has 7 heteroatoms. The largest absolute Gasteiger partial charge is 0.391 e. The van der Waals surface area contributed by atoms with Crippen LogP contribution in [0.15, 0.2) is 36.5 Å². The first-order valence-corrected chi connectivity index (χ1v) is 12.3. The summed E-state index contributed by atoms with van der Waals surface area (Å²) in [6.07, 6.45) is 7.34. The van der Waals surface area contributed by atoms with Gasteiger partial charge in [0.15, 0.2) is 5.78 Å². The molecular formula is C26H31N5O2. The second-order valence-corrected chi connectivity index (χ2v) is 9.82. The molecule has 1 saturated carbocycles. The fourth-order valence-corrected chi connectivity index (χ4v) is 5.39. The third kappa shape index (κ3) is 4.15. The Kier molecular flexibility index (Phi) is 5.38. The van der Waals surface area contributed by atoms with Gasteiger partial charge in [0.25, 0.3) is 0 Å². The highest BCUT2D eigenvalue weighted by atomic mass is 16.3. The first kappa shape index (κ1) is 20.8. The third-order valence-corrected chi connectivity index (χ3v) is 7.39. The Bertz CT molecular complexity index is 1180. The first-order valence-electron chi connectivity index (χ1n) is 12.3. The molecule has 4 heterocycles. The van der Waals surface area contributed by atoms with Gasteiger partial charge in [-0.05, 0) is 86.5 Å². The van der Waals surface area contributed by atoms with Crippen molar-refractivity contribution in [3.8, 4) is 0 Å². The van der Waals surface area contributed by atoms with Crippen molar-refractivity contribution in [1.29, 1.82) is 0 Å². The summed E-state index contributed by atoms with van der Waals surface area (Å²) in [5.41, 5.74) is 4.13. The molecule has 2 N–H and O–H groups in total. The molecule has 3 aromatic rings. The summed E-state index contributed by atoms with van der Waals surface area (Å²) >= 11 is 0. The summed E-state index contributed by atoms with van der Waals surface area (Å²) in [6.45, 7) is 3.43. The molecule has 33 heavy (non-hydrogen) atoms. The maximum atomic E-state index is 13.3. The lowest BCUT2D eigenvalue weighted by Gasteiger charge is -2.24. The van der Waals surface area contributed by atoms with E-state index in [0.29, 0.717) is 30.6 Å². The highest BCUT2D eigenvalue weighted by Crippen LogP contribution is 2.43. The van der Waals surface area contributed by atoms with Crippen molar-refractivity contribution in [3.05, 3.63) is 53.3 Å². The van der Waals surface area contributed by atoms with Crippen LogP contribution in [0.5, 0.6) is 0 Å². The summed E-state index contributed by atoms with van der Waals surface area (Å²) < 4.78 is 2.21. The number of carbonyl (C=O) groups is 1. The Morgan fingerprint density at radius 2 is 1.97 bits per heavy atom. The van der Waals surface area contributed by atoms with Crippen molar-refractivity contribution >= 4 is 22.5 Å². The van der Waals surface area contributed by atoms with E-state index in [1.807, 2.05) is 24.4 Å². The number of anilines is 1. The van der Waals surface area contributed by atoms with Gasteiger partial charge in [-0.3, -0.25) is 9.48 Å². The van der Waals surface area contributed by atoms with Crippen LogP contribution in [0, 0.1) is 0 Å². The third-order valence-electron chi connectivity index (χ3n) is 7.39. The van der Waals surface area contributed by atoms with Gasteiger partial charge in [0.1, 0.15) is 11.5 Å². The lowest BCUT2D eigenvalue weighted by atomic mass is 9.95. The van der Waals surface area contributed by atoms with Gasteiger partial charge in [-0.25, -0.2) is 4.98 Å². The Morgan fingerprint density at radius 3 is 2.73 bits per heavy atom. The predicted molar refractivity (Wildman–Crippen MR) is 128 cm³/mol. The van der Waals surface area contributed by atoms with Gasteiger partial charge in [-0.15, -0.1) is 0 Å². The highest BCUT2D eigenvalue weighted by Gasteiger charge is 2.29. The maximum Gasteiger partial charge on any atom is 0.185 e. The molecule has 172 valence electrons. The van der Waals surface area contributed by atoms with Gasteiger partial charge in [-0.1, -0.05) is 6.07 Å². The number of Topliss-reactive ketones (excluding diaryl/α,β-unsaturated/α-hetero) is 1. The van der Waals surface area contributed by atoms with Gasteiger partial charge in [-0.2, -0.15) is 5.10 Å². The molecule has 0 spiro atoms. The second-order valence-electron chi connectivity index (χ2n) is 9.82. The van der Waals surface area contributed by atoms with Crippen LogP contribution in [0.3, 0.4) is 0 Å². The molecule has 6 rings (SSSR count). The number of ketones is 1. The number of piperidine rings is 1. The zero-order chi connectivity index (χ0) is 22.4. The molecule has 1 aromatic carbocycles. The molecule has 1 unspecified atom stereocenters. The minimum Gasteiger partial charge on any atom is -0.391 e. The minimum absolute atomic E-state index is 0.0450. The predicted octanol–water partition coefficient (Wildman–Crippen LogP) is 3.23. The van der Waals surface area contributed by atoms with E-state index in [1.165, 1.54) is 23.9 Å². The molecule has 1 aliphatic carbocycles. The van der Waals surface area contributed by atoms with E-state index in [9.17, 15) is 9.90 Å². The van der Waals surface area contributed by atoms with Crippen LogP contribution in [-0.2, 0) is 6.42 Å². The van der Waals surface area contributed by atoms with Crippen molar-refractivity contribution in [2.75, 3.05) is 31.1 Å². The fraction of sp³-hybridized carbons (Fsp3) is 0.500. The molecule has 7 nitrogen and oxygen atoms in total. The normalized spacial score (nSPS) is 21.7. The lowest BCUT2D eigenvalue weighted by Crippen LogP contribution is -2.29. The number of pyridine rings is 1. The number of rotatable bonds is 6. The number of aromatic nitrogens is 3. The number of hydrogen-bond acceptors (Lipinski definition) is 6. The molecule has 2 aromatic heterocycles. The van der Waals surface area contributed by atoms with Crippen LogP contribution >= 0.6 is 0 Å². The molecule has 0 amide bonds. The Balaban J connectivity index is 1.28. The molecule has 3 aliphatic rings.